The first-order chi connectivity index (χ1) is 6.70. The summed E-state index contributed by atoms with van der Waals surface area (Å²) in [7, 11) is 0. The minimum Gasteiger partial charge on any atom is -0.394 e. The molecule has 0 aromatic heterocycles. The lowest BCUT2D eigenvalue weighted by Gasteiger charge is -2.10. The Hall–Kier alpha value is -0.570. The maximum atomic E-state index is 11.2. The van der Waals surface area contributed by atoms with Gasteiger partial charge in [0.25, 0.3) is 0 Å². The second-order valence-electron chi connectivity index (χ2n) is 3.82. The summed E-state index contributed by atoms with van der Waals surface area (Å²) in [6.45, 7) is 3.99. The van der Waals surface area contributed by atoms with Gasteiger partial charge >= 0.3 is 0 Å². The highest BCUT2D eigenvalue weighted by Gasteiger charge is 2.04. The van der Waals surface area contributed by atoms with Crippen molar-refractivity contribution in [2.24, 2.45) is 0 Å². The summed E-state index contributed by atoms with van der Waals surface area (Å²) in [4.78, 5) is 11.2. The molecule has 0 aliphatic carbocycles. The molecule has 0 aliphatic heterocycles. The topological polar surface area (TPSA) is 49.3 Å². The van der Waals surface area contributed by atoms with Gasteiger partial charge in [0, 0.05) is 12.5 Å². The van der Waals surface area contributed by atoms with E-state index in [1.165, 1.54) is 19.3 Å². The lowest BCUT2D eigenvalue weighted by Crippen LogP contribution is -2.34. The van der Waals surface area contributed by atoms with E-state index in [0.29, 0.717) is 6.42 Å². The number of rotatable bonds is 8. The van der Waals surface area contributed by atoms with Gasteiger partial charge in [-0.2, -0.15) is 0 Å². The van der Waals surface area contributed by atoms with E-state index in [2.05, 4.69) is 12.2 Å². The van der Waals surface area contributed by atoms with Crippen LogP contribution in [-0.4, -0.2) is 23.7 Å². The highest BCUT2D eigenvalue weighted by atomic mass is 16.3. The molecule has 1 amide bonds. The molecule has 14 heavy (non-hydrogen) atoms. The Kier molecular flexibility index (Phi) is 8.64. The van der Waals surface area contributed by atoms with E-state index < -0.39 is 0 Å². The Labute approximate surface area is 86.9 Å². The van der Waals surface area contributed by atoms with E-state index in [4.69, 9.17) is 5.11 Å². The van der Waals surface area contributed by atoms with Gasteiger partial charge in [0.05, 0.1) is 6.61 Å². The highest BCUT2D eigenvalue weighted by Crippen LogP contribution is 2.04. The van der Waals surface area contributed by atoms with Crippen LogP contribution in [0.25, 0.3) is 0 Å². The normalized spacial score (nSPS) is 12.5. The average molecular weight is 201 g/mol. The monoisotopic (exact) mass is 201 g/mol. The lowest BCUT2D eigenvalue weighted by atomic mass is 10.1. The summed E-state index contributed by atoms with van der Waals surface area (Å²) >= 11 is 0. The molecule has 0 fully saturated rings. The minimum absolute atomic E-state index is 0.0155. The summed E-state index contributed by atoms with van der Waals surface area (Å²) in [6, 6.07) is -0.113. The summed E-state index contributed by atoms with van der Waals surface area (Å²) < 4.78 is 0. The summed E-state index contributed by atoms with van der Waals surface area (Å²) in [6.07, 6.45) is 6.40. The van der Waals surface area contributed by atoms with E-state index in [9.17, 15) is 4.79 Å². The molecule has 0 saturated heterocycles. The zero-order chi connectivity index (χ0) is 10.8. The van der Waals surface area contributed by atoms with Crippen molar-refractivity contribution in [3.63, 3.8) is 0 Å². The van der Waals surface area contributed by atoms with Crippen molar-refractivity contribution in [3.8, 4) is 0 Å². The second kappa shape index (κ2) is 9.00. The zero-order valence-corrected chi connectivity index (χ0v) is 9.38. The Balaban J connectivity index is 3.27. The number of hydrogen-bond acceptors (Lipinski definition) is 2. The maximum Gasteiger partial charge on any atom is 0.220 e. The molecule has 0 aliphatic rings. The molecule has 84 valence electrons. The van der Waals surface area contributed by atoms with Crippen molar-refractivity contribution in [2.45, 2.75) is 58.4 Å². The molecule has 0 spiro atoms. The minimum atomic E-state index is -0.113. The molecule has 1 atom stereocenters. The smallest absolute Gasteiger partial charge is 0.220 e. The average Bonchev–Trinajstić information content (AvgIpc) is 2.17. The van der Waals surface area contributed by atoms with Crippen LogP contribution in [0.1, 0.15) is 52.4 Å². The zero-order valence-electron chi connectivity index (χ0n) is 9.38. The molecule has 0 bridgehead atoms. The largest absolute Gasteiger partial charge is 0.394 e. The summed E-state index contributed by atoms with van der Waals surface area (Å²) in [5.74, 6) is 0.0584. The number of nitrogens with one attached hydrogen (secondary N) is 1. The Morgan fingerprint density at radius 1 is 1.29 bits per heavy atom. The maximum absolute atomic E-state index is 11.2. The van der Waals surface area contributed by atoms with Gasteiger partial charge in [-0.15, -0.1) is 0 Å². The second-order valence-corrected chi connectivity index (χ2v) is 3.82. The SMILES string of the molecule is CCCCCCCC(=O)N[C@H](C)CO. The van der Waals surface area contributed by atoms with Crippen LogP contribution in [0.5, 0.6) is 0 Å². The van der Waals surface area contributed by atoms with Crippen molar-refractivity contribution in [1.82, 2.24) is 5.32 Å². The predicted molar refractivity (Wildman–Crippen MR) is 58.1 cm³/mol. The molecule has 0 rings (SSSR count). The third-order valence-corrected chi connectivity index (χ3v) is 2.19. The standard InChI is InChI=1S/C11H23NO2/c1-3-4-5-6-7-8-11(14)12-10(2)9-13/h10,13H,3-9H2,1-2H3,(H,12,14)/t10-/m1/s1. The van der Waals surface area contributed by atoms with Crippen LogP contribution < -0.4 is 5.32 Å². The van der Waals surface area contributed by atoms with Gasteiger partial charge in [0.15, 0.2) is 0 Å². The van der Waals surface area contributed by atoms with E-state index in [0.717, 1.165) is 12.8 Å². The van der Waals surface area contributed by atoms with Gasteiger partial charge in [-0.1, -0.05) is 32.6 Å². The van der Waals surface area contributed by atoms with Crippen molar-refractivity contribution < 1.29 is 9.90 Å². The van der Waals surface area contributed by atoms with Crippen molar-refractivity contribution >= 4 is 5.91 Å². The molecule has 0 aromatic rings. The number of aliphatic hydroxyl groups excluding tert-OH is 1. The third kappa shape index (κ3) is 8.05. The van der Waals surface area contributed by atoms with E-state index in [1.54, 1.807) is 6.92 Å². The first-order valence-corrected chi connectivity index (χ1v) is 5.61. The quantitative estimate of drug-likeness (QED) is 0.589. The molecule has 0 aromatic carbocycles. The number of hydrogen-bond donors (Lipinski definition) is 2. The van der Waals surface area contributed by atoms with Crippen molar-refractivity contribution in [2.75, 3.05) is 6.61 Å². The van der Waals surface area contributed by atoms with Gasteiger partial charge in [-0.3, -0.25) is 4.79 Å². The first-order valence-electron chi connectivity index (χ1n) is 5.61. The summed E-state index contributed by atoms with van der Waals surface area (Å²) in [5, 5.41) is 11.4. The molecular formula is C11H23NO2. The highest BCUT2D eigenvalue weighted by molar-refractivity contribution is 5.76. The predicted octanol–water partition coefficient (Wildman–Crippen LogP) is 1.84. The number of carbonyl (C=O) groups is 1. The Morgan fingerprint density at radius 2 is 1.93 bits per heavy atom. The fourth-order valence-corrected chi connectivity index (χ4v) is 1.28. The lowest BCUT2D eigenvalue weighted by molar-refractivity contribution is -0.122. The first kappa shape index (κ1) is 13.4. The molecule has 0 unspecified atom stereocenters. The van der Waals surface area contributed by atoms with Gasteiger partial charge in [0.2, 0.25) is 5.91 Å². The van der Waals surface area contributed by atoms with Gasteiger partial charge in [-0.05, 0) is 13.3 Å². The van der Waals surface area contributed by atoms with Crippen LogP contribution >= 0.6 is 0 Å². The van der Waals surface area contributed by atoms with E-state index in [-0.39, 0.29) is 18.6 Å². The van der Waals surface area contributed by atoms with Crippen LogP contribution in [0, 0.1) is 0 Å². The van der Waals surface area contributed by atoms with E-state index >= 15 is 0 Å². The van der Waals surface area contributed by atoms with Crippen molar-refractivity contribution in [1.29, 1.82) is 0 Å². The van der Waals surface area contributed by atoms with Crippen LogP contribution in [0.2, 0.25) is 0 Å². The Bertz CT molecular complexity index is 148. The molecule has 3 heteroatoms. The molecule has 0 heterocycles. The Morgan fingerprint density at radius 3 is 2.50 bits per heavy atom. The van der Waals surface area contributed by atoms with E-state index in [1.807, 2.05) is 0 Å². The number of amides is 1. The number of carbonyl (C=O) groups excluding carboxylic acids is 1. The molecule has 2 N–H and O–H groups in total. The number of aliphatic hydroxyl groups is 1. The molecular weight excluding hydrogens is 178 g/mol. The van der Waals surface area contributed by atoms with Gasteiger partial charge in [0.1, 0.15) is 0 Å². The molecule has 0 saturated carbocycles. The van der Waals surface area contributed by atoms with Crippen molar-refractivity contribution in [3.05, 3.63) is 0 Å². The van der Waals surface area contributed by atoms with Crippen LogP contribution in [0.4, 0.5) is 0 Å². The molecule has 3 nitrogen and oxygen atoms in total. The summed E-state index contributed by atoms with van der Waals surface area (Å²) in [5.41, 5.74) is 0. The van der Waals surface area contributed by atoms with Gasteiger partial charge < -0.3 is 10.4 Å². The van der Waals surface area contributed by atoms with Gasteiger partial charge in [-0.25, -0.2) is 0 Å². The third-order valence-electron chi connectivity index (χ3n) is 2.19. The van der Waals surface area contributed by atoms with Crippen LogP contribution in [0.3, 0.4) is 0 Å². The fraction of sp³-hybridized carbons (Fsp3) is 0.909. The number of unbranched alkanes of at least 4 members (excludes halogenated alkanes) is 4. The molecule has 0 radical (unpaired) electrons. The van der Waals surface area contributed by atoms with Crippen LogP contribution in [0.15, 0.2) is 0 Å². The fourth-order valence-electron chi connectivity index (χ4n) is 1.28. The van der Waals surface area contributed by atoms with Crippen LogP contribution in [-0.2, 0) is 4.79 Å².